The van der Waals surface area contributed by atoms with Crippen LogP contribution in [0.2, 0.25) is 0 Å². The molecular formula is C19H20FN5O. The first-order valence-corrected chi connectivity index (χ1v) is 8.58. The summed E-state index contributed by atoms with van der Waals surface area (Å²) in [6.07, 6.45) is 1.01. The van der Waals surface area contributed by atoms with E-state index in [1.807, 2.05) is 22.8 Å². The molecule has 3 rings (SSSR count). The van der Waals surface area contributed by atoms with E-state index in [0.29, 0.717) is 50.7 Å². The van der Waals surface area contributed by atoms with Crippen molar-refractivity contribution in [2.45, 2.75) is 19.8 Å². The Morgan fingerprint density at radius 1 is 1.19 bits per heavy atom. The minimum atomic E-state index is -0.269. The normalized spacial score (nSPS) is 14.2. The minimum absolute atomic E-state index is 0.0943. The van der Waals surface area contributed by atoms with Crippen LogP contribution in [0, 0.1) is 24.1 Å². The molecule has 1 aromatic carbocycles. The van der Waals surface area contributed by atoms with Crippen LogP contribution in [0.25, 0.3) is 0 Å². The van der Waals surface area contributed by atoms with E-state index in [0.717, 1.165) is 11.3 Å². The Balaban J connectivity index is 1.53. The van der Waals surface area contributed by atoms with Crippen LogP contribution in [-0.4, -0.2) is 47.0 Å². The summed E-state index contributed by atoms with van der Waals surface area (Å²) in [6, 6.07) is 9.94. The summed E-state index contributed by atoms with van der Waals surface area (Å²) < 4.78 is 12.9. The lowest BCUT2D eigenvalue weighted by Gasteiger charge is -2.35. The summed E-state index contributed by atoms with van der Waals surface area (Å²) in [5, 5.41) is 9.04. The summed E-state index contributed by atoms with van der Waals surface area (Å²) in [6.45, 7) is 4.30. The molecule has 0 spiro atoms. The molecule has 1 saturated heterocycles. The second kappa shape index (κ2) is 7.91. The van der Waals surface area contributed by atoms with Crippen molar-refractivity contribution in [1.82, 2.24) is 14.9 Å². The van der Waals surface area contributed by atoms with Crippen molar-refractivity contribution < 1.29 is 9.18 Å². The number of carbonyl (C=O) groups excluding carboxylic acids is 1. The number of nitriles is 1. The Bertz CT molecular complexity index is 823. The van der Waals surface area contributed by atoms with Crippen molar-refractivity contribution >= 4 is 11.9 Å². The van der Waals surface area contributed by atoms with Crippen LogP contribution in [0.1, 0.15) is 23.4 Å². The molecular weight excluding hydrogens is 333 g/mol. The van der Waals surface area contributed by atoms with Gasteiger partial charge in [-0.3, -0.25) is 4.79 Å². The van der Waals surface area contributed by atoms with E-state index in [4.69, 9.17) is 5.26 Å². The molecule has 1 fully saturated rings. The predicted octanol–water partition coefficient (Wildman–Crippen LogP) is 2.08. The molecule has 134 valence electrons. The number of hydrogen-bond acceptors (Lipinski definition) is 5. The molecule has 1 aliphatic heterocycles. The Hall–Kier alpha value is -3.01. The average Bonchev–Trinajstić information content (AvgIpc) is 2.67. The van der Waals surface area contributed by atoms with Gasteiger partial charge >= 0.3 is 0 Å². The highest BCUT2D eigenvalue weighted by Gasteiger charge is 2.22. The lowest BCUT2D eigenvalue weighted by Crippen LogP contribution is -2.49. The molecule has 0 unspecified atom stereocenters. The van der Waals surface area contributed by atoms with Crippen LogP contribution in [0.3, 0.4) is 0 Å². The first-order valence-electron chi connectivity index (χ1n) is 8.58. The minimum Gasteiger partial charge on any atom is -0.339 e. The molecule has 2 aromatic rings. The number of aryl methyl sites for hydroxylation is 2. The van der Waals surface area contributed by atoms with E-state index in [9.17, 15) is 9.18 Å². The van der Waals surface area contributed by atoms with Gasteiger partial charge in [-0.05, 0) is 37.1 Å². The van der Waals surface area contributed by atoms with Gasteiger partial charge in [0.2, 0.25) is 11.9 Å². The van der Waals surface area contributed by atoms with Gasteiger partial charge in [-0.2, -0.15) is 5.26 Å². The largest absolute Gasteiger partial charge is 0.339 e. The van der Waals surface area contributed by atoms with Crippen molar-refractivity contribution in [3.8, 4) is 6.07 Å². The maximum absolute atomic E-state index is 12.9. The molecule has 0 bridgehead atoms. The summed E-state index contributed by atoms with van der Waals surface area (Å²) in [5.41, 5.74) is 2.06. The van der Waals surface area contributed by atoms with Gasteiger partial charge in [-0.15, -0.1) is 0 Å². The van der Waals surface area contributed by atoms with Gasteiger partial charge in [0.15, 0.2) is 0 Å². The van der Waals surface area contributed by atoms with Crippen LogP contribution >= 0.6 is 0 Å². The van der Waals surface area contributed by atoms with E-state index in [1.54, 1.807) is 18.2 Å². The predicted molar refractivity (Wildman–Crippen MR) is 95.0 cm³/mol. The van der Waals surface area contributed by atoms with E-state index in [-0.39, 0.29) is 11.7 Å². The molecule has 0 N–H and O–H groups in total. The third-order valence-electron chi connectivity index (χ3n) is 4.41. The summed E-state index contributed by atoms with van der Waals surface area (Å²) in [4.78, 5) is 24.9. The van der Waals surface area contributed by atoms with Crippen LogP contribution in [0.4, 0.5) is 10.3 Å². The summed E-state index contributed by atoms with van der Waals surface area (Å²) >= 11 is 0. The van der Waals surface area contributed by atoms with Crippen LogP contribution in [-0.2, 0) is 11.2 Å². The number of nitrogens with zero attached hydrogens (tertiary/aromatic N) is 5. The molecule has 0 radical (unpaired) electrons. The Kier molecular flexibility index (Phi) is 5.42. The van der Waals surface area contributed by atoms with Crippen molar-refractivity contribution in [2.24, 2.45) is 0 Å². The first-order chi connectivity index (χ1) is 12.5. The second-order valence-electron chi connectivity index (χ2n) is 6.30. The first kappa shape index (κ1) is 17.8. The van der Waals surface area contributed by atoms with E-state index >= 15 is 0 Å². The number of benzene rings is 1. The van der Waals surface area contributed by atoms with E-state index < -0.39 is 0 Å². The zero-order chi connectivity index (χ0) is 18.5. The van der Waals surface area contributed by atoms with Gasteiger partial charge in [-0.1, -0.05) is 12.1 Å². The topological polar surface area (TPSA) is 73.1 Å². The Labute approximate surface area is 151 Å². The number of hydrogen-bond donors (Lipinski definition) is 0. The van der Waals surface area contributed by atoms with Crippen LogP contribution < -0.4 is 4.90 Å². The Morgan fingerprint density at radius 3 is 2.54 bits per heavy atom. The van der Waals surface area contributed by atoms with Gasteiger partial charge < -0.3 is 9.80 Å². The molecule has 0 saturated carbocycles. The lowest BCUT2D eigenvalue weighted by atomic mass is 10.1. The molecule has 1 aliphatic rings. The van der Waals surface area contributed by atoms with Gasteiger partial charge in [0, 0.05) is 38.3 Å². The van der Waals surface area contributed by atoms with Gasteiger partial charge in [0.1, 0.15) is 17.6 Å². The van der Waals surface area contributed by atoms with Crippen molar-refractivity contribution in [1.29, 1.82) is 5.26 Å². The van der Waals surface area contributed by atoms with Crippen molar-refractivity contribution in [3.05, 3.63) is 53.1 Å². The zero-order valence-electron chi connectivity index (χ0n) is 14.7. The van der Waals surface area contributed by atoms with Crippen LogP contribution in [0.5, 0.6) is 0 Å². The number of carbonyl (C=O) groups is 1. The number of amides is 1. The van der Waals surface area contributed by atoms with Gasteiger partial charge in [0.05, 0.1) is 0 Å². The highest BCUT2D eigenvalue weighted by Crippen LogP contribution is 2.14. The smallest absolute Gasteiger partial charge is 0.226 e. The van der Waals surface area contributed by atoms with Crippen LogP contribution in [0.15, 0.2) is 30.3 Å². The van der Waals surface area contributed by atoms with Crippen molar-refractivity contribution in [2.75, 3.05) is 31.1 Å². The highest BCUT2D eigenvalue weighted by atomic mass is 19.1. The van der Waals surface area contributed by atoms with E-state index in [2.05, 4.69) is 9.97 Å². The molecule has 6 nitrogen and oxygen atoms in total. The third-order valence-corrected chi connectivity index (χ3v) is 4.41. The fraction of sp³-hybridized carbons (Fsp3) is 0.368. The maximum atomic E-state index is 12.9. The third kappa shape index (κ3) is 4.33. The highest BCUT2D eigenvalue weighted by molar-refractivity contribution is 5.76. The molecule has 26 heavy (non-hydrogen) atoms. The molecule has 7 heteroatoms. The molecule has 2 heterocycles. The second-order valence-corrected chi connectivity index (χ2v) is 6.30. The quantitative estimate of drug-likeness (QED) is 0.841. The van der Waals surface area contributed by atoms with E-state index in [1.165, 1.54) is 12.1 Å². The standard InChI is InChI=1S/C19H20FN5O/c1-14-12-17(13-21)23-19(22-14)25-10-8-24(9-11-25)18(26)7-4-15-2-5-16(20)6-3-15/h2-3,5-6,12H,4,7-11H2,1H3. The van der Waals surface area contributed by atoms with Gasteiger partial charge in [0.25, 0.3) is 0 Å². The molecule has 0 atom stereocenters. The number of rotatable bonds is 4. The number of aromatic nitrogens is 2. The fourth-order valence-electron chi connectivity index (χ4n) is 2.97. The van der Waals surface area contributed by atoms with Gasteiger partial charge in [-0.25, -0.2) is 14.4 Å². The number of anilines is 1. The maximum Gasteiger partial charge on any atom is 0.226 e. The summed E-state index contributed by atoms with van der Waals surface area (Å²) in [7, 11) is 0. The van der Waals surface area contributed by atoms with Crippen molar-refractivity contribution in [3.63, 3.8) is 0 Å². The SMILES string of the molecule is Cc1cc(C#N)nc(N2CCN(C(=O)CCc3ccc(F)cc3)CC2)n1. The lowest BCUT2D eigenvalue weighted by molar-refractivity contribution is -0.131. The molecule has 1 amide bonds. The zero-order valence-corrected chi connectivity index (χ0v) is 14.7. The Morgan fingerprint density at radius 2 is 1.88 bits per heavy atom. The number of halogens is 1. The number of piperazine rings is 1. The monoisotopic (exact) mass is 353 g/mol. The summed E-state index contributed by atoms with van der Waals surface area (Å²) in [5.74, 6) is 0.367. The molecule has 0 aliphatic carbocycles. The molecule has 1 aromatic heterocycles. The average molecular weight is 353 g/mol. The fourth-order valence-corrected chi connectivity index (χ4v) is 2.97.